The van der Waals surface area contributed by atoms with Crippen molar-refractivity contribution in [1.82, 2.24) is 4.31 Å². The van der Waals surface area contributed by atoms with Crippen molar-refractivity contribution in [2.45, 2.75) is 23.8 Å². The van der Waals surface area contributed by atoms with Crippen LogP contribution in [0.3, 0.4) is 0 Å². The molecule has 8 heteroatoms. The molecule has 2 rings (SSSR count). The van der Waals surface area contributed by atoms with E-state index in [9.17, 15) is 18.5 Å². The van der Waals surface area contributed by atoms with Crippen LogP contribution in [0.15, 0.2) is 29.2 Å². The van der Waals surface area contributed by atoms with Gasteiger partial charge < -0.3 is 5.73 Å². The molecule has 0 aromatic heterocycles. The van der Waals surface area contributed by atoms with Crippen LogP contribution in [-0.4, -0.2) is 37.3 Å². The van der Waals surface area contributed by atoms with Crippen molar-refractivity contribution in [1.29, 1.82) is 0 Å². The molecule has 2 N–H and O–H groups in total. The lowest BCUT2D eigenvalue weighted by Gasteiger charge is -2.26. The molecule has 1 fully saturated rings. The molecule has 1 saturated carbocycles. The number of nitrogens with zero attached hydrogens (tertiary/aromatic N) is 2. The SMILES string of the molecule is CN(C(CN)C1CC1)S(=O)(=O)c1ccc([N+](=O)[O-])cc1. The van der Waals surface area contributed by atoms with Crippen molar-refractivity contribution >= 4 is 15.7 Å². The van der Waals surface area contributed by atoms with E-state index >= 15 is 0 Å². The van der Waals surface area contributed by atoms with Gasteiger partial charge in [-0.1, -0.05) is 0 Å². The first-order chi connectivity index (χ1) is 9.37. The first-order valence-electron chi connectivity index (χ1n) is 6.30. The molecule has 0 saturated heterocycles. The fourth-order valence-electron chi connectivity index (χ4n) is 2.20. The van der Waals surface area contributed by atoms with Crippen molar-refractivity contribution < 1.29 is 13.3 Å². The monoisotopic (exact) mass is 299 g/mol. The van der Waals surface area contributed by atoms with Gasteiger partial charge in [-0.15, -0.1) is 0 Å². The first-order valence-corrected chi connectivity index (χ1v) is 7.74. The predicted octanol–water partition coefficient (Wildman–Crippen LogP) is 0.953. The number of nitrogens with two attached hydrogens (primary N) is 1. The van der Waals surface area contributed by atoms with Gasteiger partial charge in [0.05, 0.1) is 9.82 Å². The maximum atomic E-state index is 12.4. The Morgan fingerprint density at radius 3 is 2.35 bits per heavy atom. The van der Waals surface area contributed by atoms with Gasteiger partial charge in [0.25, 0.3) is 5.69 Å². The van der Waals surface area contributed by atoms with E-state index < -0.39 is 14.9 Å². The second kappa shape index (κ2) is 5.47. The number of hydrogen-bond donors (Lipinski definition) is 1. The summed E-state index contributed by atoms with van der Waals surface area (Å²) in [4.78, 5) is 10.1. The smallest absolute Gasteiger partial charge is 0.269 e. The van der Waals surface area contributed by atoms with Gasteiger partial charge in [0.2, 0.25) is 10.0 Å². The number of hydrogen-bond acceptors (Lipinski definition) is 5. The molecule has 1 aliphatic carbocycles. The van der Waals surface area contributed by atoms with Crippen LogP contribution in [0.5, 0.6) is 0 Å². The zero-order valence-corrected chi connectivity index (χ0v) is 11.9. The summed E-state index contributed by atoms with van der Waals surface area (Å²) < 4.78 is 26.2. The quantitative estimate of drug-likeness (QED) is 0.621. The average molecular weight is 299 g/mol. The van der Waals surface area contributed by atoms with Crippen molar-refractivity contribution in [3.05, 3.63) is 34.4 Å². The second-order valence-electron chi connectivity index (χ2n) is 4.91. The summed E-state index contributed by atoms with van der Waals surface area (Å²) in [6.45, 7) is 0.271. The summed E-state index contributed by atoms with van der Waals surface area (Å²) >= 11 is 0. The minimum absolute atomic E-state index is 0.0460. The molecule has 0 heterocycles. The Bertz CT molecular complexity index is 596. The molecule has 1 aromatic carbocycles. The lowest BCUT2D eigenvalue weighted by molar-refractivity contribution is -0.384. The molecule has 0 amide bonds. The van der Waals surface area contributed by atoms with Crippen molar-refractivity contribution in [3.8, 4) is 0 Å². The molecule has 0 spiro atoms. The Labute approximate surface area is 117 Å². The number of benzene rings is 1. The standard InChI is InChI=1S/C12H17N3O4S/c1-14(12(8-13)9-2-3-9)20(18,19)11-6-4-10(5-7-11)15(16)17/h4-7,9,12H,2-3,8,13H2,1H3. The Morgan fingerprint density at radius 1 is 1.40 bits per heavy atom. The van der Waals surface area contributed by atoms with Crippen molar-refractivity contribution in [2.24, 2.45) is 11.7 Å². The fraction of sp³-hybridized carbons (Fsp3) is 0.500. The van der Waals surface area contributed by atoms with Gasteiger partial charge in [0.15, 0.2) is 0 Å². The van der Waals surface area contributed by atoms with E-state index in [1.807, 2.05) is 0 Å². The Balaban J connectivity index is 2.26. The summed E-state index contributed by atoms with van der Waals surface area (Å²) in [5.41, 5.74) is 5.52. The van der Waals surface area contributed by atoms with Gasteiger partial charge in [-0.25, -0.2) is 8.42 Å². The number of likely N-dealkylation sites (N-methyl/N-ethyl adjacent to an activating group) is 1. The van der Waals surface area contributed by atoms with E-state index in [0.29, 0.717) is 5.92 Å². The molecule has 0 radical (unpaired) electrons. The average Bonchev–Trinajstić information content (AvgIpc) is 3.24. The lowest BCUT2D eigenvalue weighted by Crippen LogP contribution is -2.43. The summed E-state index contributed by atoms with van der Waals surface area (Å²) in [5.74, 6) is 0.317. The van der Waals surface area contributed by atoms with Crippen LogP contribution in [0, 0.1) is 16.0 Å². The Hall–Kier alpha value is -1.51. The zero-order chi connectivity index (χ0) is 14.9. The van der Waals surface area contributed by atoms with E-state index in [0.717, 1.165) is 12.8 Å². The highest BCUT2D eigenvalue weighted by atomic mass is 32.2. The summed E-state index contributed by atoms with van der Waals surface area (Å²) in [7, 11) is -2.16. The van der Waals surface area contributed by atoms with Crippen LogP contribution in [0.1, 0.15) is 12.8 Å². The molecule has 110 valence electrons. The van der Waals surface area contributed by atoms with E-state index in [4.69, 9.17) is 5.73 Å². The van der Waals surface area contributed by atoms with Gasteiger partial charge in [-0.2, -0.15) is 4.31 Å². The third-order valence-electron chi connectivity index (χ3n) is 3.60. The van der Waals surface area contributed by atoms with Crippen LogP contribution in [-0.2, 0) is 10.0 Å². The maximum absolute atomic E-state index is 12.4. The number of nitro groups is 1. The number of rotatable bonds is 6. The molecule has 1 atom stereocenters. The normalized spacial score (nSPS) is 17.1. The predicted molar refractivity (Wildman–Crippen MR) is 73.6 cm³/mol. The van der Waals surface area contributed by atoms with E-state index in [-0.39, 0.29) is 23.2 Å². The molecule has 0 aliphatic heterocycles. The summed E-state index contributed by atoms with van der Waals surface area (Å²) in [6.07, 6.45) is 1.98. The van der Waals surface area contributed by atoms with Gasteiger partial charge in [-0.05, 0) is 30.9 Å². The van der Waals surface area contributed by atoms with E-state index in [1.165, 1.54) is 35.6 Å². The van der Waals surface area contributed by atoms with E-state index in [1.54, 1.807) is 0 Å². The van der Waals surface area contributed by atoms with Gasteiger partial charge in [0.1, 0.15) is 0 Å². The van der Waals surface area contributed by atoms with Crippen LogP contribution in [0.25, 0.3) is 0 Å². The molecule has 1 unspecified atom stereocenters. The van der Waals surface area contributed by atoms with Crippen molar-refractivity contribution in [3.63, 3.8) is 0 Å². The fourth-order valence-corrected chi connectivity index (χ4v) is 3.63. The van der Waals surface area contributed by atoms with Crippen LogP contribution in [0.2, 0.25) is 0 Å². The maximum Gasteiger partial charge on any atom is 0.269 e. The second-order valence-corrected chi connectivity index (χ2v) is 6.91. The molecule has 20 heavy (non-hydrogen) atoms. The lowest BCUT2D eigenvalue weighted by atomic mass is 10.2. The molecular formula is C12H17N3O4S. The largest absolute Gasteiger partial charge is 0.329 e. The third-order valence-corrected chi connectivity index (χ3v) is 5.50. The minimum atomic E-state index is -3.67. The van der Waals surface area contributed by atoms with Crippen LogP contribution in [0.4, 0.5) is 5.69 Å². The number of nitro benzene ring substituents is 1. The molecule has 0 bridgehead atoms. The Morgan fingerprint density at radius 2 is 1.95 bits per heavy atom. The highest BCUT2D eigenvalue weighted by Gasteiger charge is 2.38. The molecule has 1 aliphatic rings. The highest BCUT2D eigenvalue weighted by Crippen LogP contribution is 2.36. The molecular weight excluding hydrogens is 282 g/mol. The topological polar surface area (TPSA) is 107 Å². The van der Waals surface area contributed by atoms with E-state index in [2.05, 4.69) is 0 Å². The third kappa shape index (κ3) is 2.82. The summed E-state index contributed by atoms with van der Waals surface area (Å²) in [5, 5.41) is 10.6. The van der Waals surface area contributed by atoms with Crippen molar-refractivity contribution in [2.75, 3.05) is 13.6 Å². The highest BCUT2D eigenvalue weighted by molar-refractivity contribution is 7.89. The first kappa shape index (κ1) is 14.9. The molecule has 1 aromatic rings. The minimum Gasteiger partial charge on any atom is -0.329 e. The van der Waals surface area contributed by atoms with Gasteiger partial charge in [0, 0.05) is 31.8 Å². The number of sulfonamides is 1. The van der Waals surface area contributed by atoms with Crippen LogP contribution >= 0.6 is 0 Å². The van der Waals surface area contributed by atoms with Crippen LogP contribution < -0.4 is 5.73 Å². The number of non-ortho nitro benzene ring substituents is 1. The van der Waals surface area contributed by atoms with Gasteiger partial charge >= 0.3 is 0 Å². The molecule has 7 nitrogen and oxygen atoms in total. The zero-order valence-electron chi connectivity index (χ0n) is 11.1. The summed E-state index contributed by atoms with van der Waals surface area (Å²) in [6, 6.07) is 4.68. The Kier molecular flexibility index (Phi) is 4.07. The van der Waals surface area contributed by atoms with Gasteiger partial charge in [-0.3, -0.25) is 10.1 Å².